The molecule has 2 aromatic rings. The third-order valence-corrected chi connectivity index (χ3v) is 3.99. The molecule has 2 aromatic carbocycles. The van der Waals surface area contributed by atoms with Crippen LogP contribution in [0.15, 0.2) is 30.3 Å². The van der Waals surface area contributed by atoms with E-state index >= 15 is 0 Å². The van der Waals surface area contributed by atoms with Crippen LogP contribution in [-0.4, -0.2) is 38.5 Å². The van der Waals surface area contributed by atoms with E-state index in [1.807, 2.05) is 0 Å². The minimum atomic E-state index is -1.29. The molecule has 1 N–H and O–H groups in total. The van der Waals surface area contributed by atoms with Gasteiger partial charge in [-0.1, -0.05) is 11.6 Å². The summed E-state index contributed by atoms with van der Waals surface area (Å²) in [6.45, 7) is 1.30. The average Bonchev–Trinajstić information content (AvgIpc) is 2.68. The molecule has 0 aliphatic carbocycles. The molecule has 0 aliphatic rings. The lowest BCUT2D eigenvalue weighted by atomic mass is 10.1. The van der Waals surface area contributed by atoms with Crippen molar-refractivity contribution in [1.29, 1.82) is 0 Å². The lowest BCUT2D eigenvalue weighted by Crippen LogP contribution is -2.30. The minimum Gasteiger partial charge on any atom is -0.493 e. The Hall–Kier alpha value is -3.13. The first-order chi connectivity index (χ1) is 13.3. The van der Waals surface area contributed by atoms with Crippen LogP contribution in [0, 0.1) is 5.82 Å². The van der Waals surface area contributed by atoms with Crippen LogP contribution in [0.5, 0.6) is 11.5 Å². The lowest BCUT2D eigenvalue weighted by molar-refractivity contribution is -0.123. The van der Waals surface area contributed by atoms with Gasteiger partial charge in [-0.3, -0.25) is 9.59 Å². The van der Waals surface area contributed by atoms with Crippen molar-refractivity contribution in [2.24, 2.45) is 0 Å². The van der Waals surface area contributed by atoms with Gasteiger partial charge in [-0.2, -0.15) is 0 Å². The molecule has 28 heavy (non-hydrogen) atoms. The Bertz CT molecular complexity index is 918. The molecular formula is C19H17ClFNO6. The molecule has 1 atom stereocenters. The molecule has 2 rings (SSSR count). The van der Waals surface area contributed by atoms with Crippen LogP contribution in [-0.2, 0) is 9.53 Å². The Balaban J connectivity index is 2.22. The van der Waals surface area contributed by atoms with Gasteiger partial charge in [0.05, 0.1) is 19.9 Å². The topological polar surface area (TPSA) is 90.9 Å². The molecule has 0 fully saturated rings. The molecule has 0 aromatic heterocycles. The second-order valence-electron chi connectivity index (χ2n) is 5.54. The normalized spacial score (nSPS) is 11.3. The maximum atomic E-state index is 13.8. The smallest absolute Gasteiger partial charge is 0.343 e. The number of halogens is 2. The number of amides is 1. The molecular weight excluding hydrogens is 393 g/mol. The number of esters is 1. The molecule has 0 radical (unpaired) electrons. The summed E-state index contributed by atoms with van der Waals surface area (Å²) >= 11 is 5.66. The summed E-state index contributed by atoms with van der Waals surface area (Å²) in [5.41, 5.74) is -0.307. The zero-order valence-corrected chi connectivity index (χ0v) is 16.0. The van der Waals surface area contributed by atoms with Gasteiger partial charge >= 0.3 is 5.97 Å². The zero-order chi connectivity index (χ0) is 20.8. The number of rotatable bonds is 7. The van der Waals surface area contributed by atoms with Gasteiger partial charge in [0.1, 0.15) is 11.4 Å². The van der Waals surface area contributed by atoms with E-state index in [4.69, 9.17) is 25.8 Å². The second-order valence-corrected chi connectivity index (χ2v) is 5.98. The van der Waals surface area contributed by atoms with Crippen molar-refractivity contribution in [3.63, 3.8) is 0 Å². The fourth-order valence-corrected chi connectivity index (χ4v) is 2.51. The number of methoxy groups -OCH3 is 2. The van der Waals surface area contributed by atoms with E-state index in [1.54, 1.807) is 0 Å². The monoisotopic (exact) mass is 409 g/mol. The van der Waals surface area contributed by atoms with Gasteiger partial charge in [-0.25, -0.2) is 9.18 Å². The quantitative estimate of drug-likeness (QED) is 0.556. The zero-order valence-electron chi connectivity index (χ0n) is 15.2. The van der Waals surface area contributed by atoms with Crippen LogP contribution in [0.3, 0.4) is 0 Å². The van der Waals surface area contributed by atoms with Gasteiger partial charge in [0, 0.05) is 10.6 Å². The van der Waals surface area contributed by atoms with Crippen molar-refractivity contribution in [1.82, 2.24) is 0 Å². The Morgan fingerprint density at radius 2 is 1.89 bits per heavy atom. The largest absolute Gasteiger partial charge is 0.493 e. The summed E-state index contributed by atoms with van der Waals surface area (Å²) in [6, 6.07) is 6.52. The predicted octanol–water partition coefficient (Wildman–Crippen LogP) is 3.49. The van der Waals surface area contributed by atoms with E-state index in [1.165, 1.54) is 45.4 Å². The molecule has 0 spiro atoms. The van der Waals surface area contributed by atoms with Gasteiger partial charge < -0.3 is 19.5 Å². The highest BCUT2D eigenvalue weighted by molar-refractivity contribution is 6.30. The number of anilines is 1. The predicted molar refractivity (Wildman–Crippen MR) is 99.9 cm³/mol. The van der Waals surface area contributed by atoms with E-state index in [-0.39, 0.29) is 33.3 Å². The number of benzene rings is 2. The molecule has 0 heterocycles. The standard InChI is InChI=1S/C19H17ClFNO6/c1-10(18(24)22-14-6-5-12(20)8-13(14)21)28-19(25)16-11(9-23)4-7-15(26-2)17(16)27-3/h4-10H,1-3H3,(H,22,24)/t10-/m1/s1. The second kappa shape index (κ2) is 9.18. The first-order valence-corrected chi connectivity index (χ1v) is 8.37. The molecule has 0 aliphatic heterocycles. The molecule has 148 valence electrons. The fraction of sp³-hybridized carbons (Fsp3) is 0.211. The Morgan fingerprint density at radius 1 is 1.18 bits per heavy atom. The third kappa shape index (κ3) is 4.58. The summed E-state index contributed by atoms with van der Waals surface area (Å²) in [7, 11) is 2.66. The molecule has 1 amide bonds. The fourth-order valence-electron chi connectivity index (χ4n) is 2.35. The first-order valence-electron chi connectivity index (χ1n) is 7.99. The van der Waals surface area contributed by atoms with E-state index in [0.717, 1.165) is 6.07 Å². The molecule has 0 unspecified atom stereocenters. The van der Waals surface area contributed by atoms with Crippen LogP contribution in [0.1, 0.15) is 27.6 Å². The number of aldehydes is 1. The highest BCUT2D eigenvalue weighted by atomic mass is 35.5. The lowest BCUT2D eigenvalue weighted by Gasteiger charge is -2.17. The van der Waals surface area contributed by atoms with Crippen LogP contribution >= 0.6 is 11.6 Å². The summed E-state index contributed by atoms with van der Waals surface area (Å²) in [5.74, 6) is -2.29. The summed E-state index contributed by atoms with van der Waals surface area (Å²) < 4.78 is 29.2. The Kier molecular flexibility index (Phi) is 6.94. The number of hydrogen-bond acceptors (Lipinski definition) is 6. The summed E-state index contributed by atoms with van der Waals surface area (Å²) in [4.78, 5) is 36.1. The summed E-state index contributed by atoms with van der Waals surface area (Å²) in [6.07, 6.45) is -0.843. The molecule has 7 nitrogen and oxygen atoms in total. The van der Waals surface area contributed by atoms with Crippen molar-refractivity contribution in [2.75, 3.05) is 19.5 Å². The van der Waals surface area contributed by atoms with E-state index in [0.29, 0.717) is 6.29 Å². The summed E-state index contributed by atoms with van der Waals surface area (Å²) in [5, 5.41) is 2.47. The number of carbonyl (C=O) groups excluding carboxylic acids is 3. The maximum absolute atomic E-state index is 13.8. The highest BCUT2D eigenvalue weighted by Gasteiger charge is 2.26. The molecule has 0 bridgehead atoms. The van der Waals surface area contributed by atoms with E-state index < -0.39 is 23.8 Å². The molecule has 0 saturated carbocycles. The number of ether oxygens (including phenoxy) is 3. The van der Waals surface area contributed by atoms with E-state index in [2.05, 4.69) is 5.32 Å². The SMILES string of the molecule is COc1ccc(C=O)c(C(=O)O[C@H](C)C(=O)Nc2ccc(Cl)cc2F)c1OC. The van der Waals surface area contributed by atoms with Crippen LogP contribution in [0.2, 0.25) is 5.02 Å². The average molecular weight is 410 g/mol. The van der Waals surface area contributed by atoms with Crippen LogP contribution in [0.4, 0.5) is 10.1 Å². The highest BCUT2D eigenvalue weighted by Crippen LogP contribution is 2.33. The Labute approximate surface area is 165 Å². The van der Waals surface area contributed by atoms with Crippen LogP contribution < -0.4 is 14.8 Å². The number of nitrogens with one attached hydrogen (secondary N) is 1. The number of hydrogen-bond donors (Lipinski definition) is 1. The third-order valence-electron chi connectivity index (χ3n) is 3.75. The Morgan fingerprint density at radius 3 is 2.46 bits per heavy atom. The van der Waals surface area contributed by atoms with E-state index in [9.17, 15) is 18.8 Å². The minimum absolute atomic E-state index is 0.000922. The van der Waals surface area contributed by atoms with Crippen molar-refractivity contribution < 1.29 is 33.0 Å². The van der Waals surface area contributed by atoms with Crippen LogP contribution in [0.25, 0.3) is 0 Å². The van der Waals surface area contributed by atoms with Gasteiger partial charge in [0.15, 0.2) is 23.9 Å². The molecule has 0 saturated heterocycles. The van der Waals surface area contributed by atoms with Gasteiger partial charge in [0.25, 0.3) is 5.91 Å². The van der Waals surface area contributed by atoms with Crippen molar-refractivity contribution in [3.8, 4) is 11.5 Å². The maximum Gasteiger partial charge on any atom is 0.343 e. The van der Waals surface area contributed by atoms with Gasteiger partial charge in [-0.15, -0.1) is 0 Å². The van der Waals surface area contributed by atoms with Crippen molar-refractivity contribution >= 4 is 35.5 Å². The first kappa shape index (κ1) is 21.2. The number of carbonyl (C=O) groups is 3. The van der Waals surface area contributed by atoms with Crippen molar-refractivity contribution in [3.05, 3.63) is 52.3 Å². The van der Waals surface area contributed by atoms with Gasteiger partial charge in [-0.05, 0) is 37.3 Å². The van der Waals surface area contributed by atoms with Crippen molar-refractivity contribution in [2.45, 2.75) is 13.0 Å². The van der Waals surface area contributed by atoms with Gasteiger partial charge in [0.2, 0.25) is 0 Å². The molecule has 9 heteroatoms.